The number of fused-ring (bicyclic) bond motifs is 3. The van der Waals surface area contributed by atoms with Gasteiger partial charge in [0.1, 0.15) is 17.5 Å². The summed E-state index contributed by atoms with van der Waals surface area (Å²) in [6, 6.07) is 141. The van der Waals surface area contributed by atoms with E-state index >= 15 is 0 Å². The fourth-order valence-corrected chi connectivity index (χ4v) is 30.0. The van der Waals surface area contributed by atoms with Gasteiger partial charge in [-0.05, 0) is 212 Å². The van der Waals surface area contributed by atoms with Crippen LogP contribution in [0.1, 0.15) is 27.7 Å². The molecule has 24 heteroatoms. The van der Waals surface area contributed by atoms with Gasteiger partial charge in [0.2, 0.25) is 0 Å². The topological polar surface area (TPSA) is 174 Å². The smallest absolute Gasteiger partial charge is 0.399 e. The molecule has 0 unspecified atom stereocenters. The summed E-state index contributed by atoms with van der Waals surface area (Å²) >= 11 is 17.7. The molecule has 21 aromatic rings. The van der Waals surface area contributed by atoms with Crippen LogP contribution in [0.3, 0.4) is 0 Å². The average molecular weight is 2330 g/mol. The van der Waals surface area contributed by atoms with Crippen LogP contribution in [0.25, 0.3) is 52.5 Å². The maximum Gasteiger partial charge on any atom is 0.496 e. The molecule has 0 amide bonds. The predicted octanol–water partition coefficient (Wildman–Crippen LogP) is 25.8. The molecule has 0 atom stereocenters. The van der Waals surface area contributed by atoms with Gasteiger partial charge in [0.15, 0.2) is 0 Å². The number of aromatic nitrogens is 6. The summed E-state index contributed by atoms with van der Waals surface area (Å²) in [4.78, 5) is 24.9. The second-order valence-electron chi connectivity index (χ2n) is 31.7. The molecule has 138 heavy (non-hydrogen) atoms. The Bertz CT molecular complexity index is 6280. The first-order valence-corrected chi connectivity index (χ1v) is 55.4. The third-order valence-corrected chi connectivity index (χ3v) is 38.8. The molecule has 11 nitrogen and oxygen atoms in total. The zero-order chi connectivity index (χ0) is 95.1. The van der Waals surface area contributed by atoms with Crippen molar-refractivity contribution in [3.63, 3.8) is 0 Å². The van der Waals surface area contributed by atoms with Crippen molar-refractivity contribution in [1.82, 2.24) is 29.9 Å². The van der Waals surface area contributed by atoms with Crippen LogP contribution in [-0.4, -0.2) is 48.2 Å². The fourth-order valence-electron chi connectivity index (χ4n) is 14.7. The monoisotopic (exact) mass is 2320 g/mol. The number of pyridine rings is 6. The minimum atomic E-state index is -0.446. The van der Waals surface area contributed by atoms with Crippen molar-refractivity contribution in [3.05, 3.63) is 489 Å². The number of hydrogen-bond acceptors (Lipinski definition) is 14. The number of anilines is 3. The van der Waals surface area contributed by atoms with Crippen LogP contribution < -0.4 is 86.3 Å². The molecular formula is C114H96BBr3IN9O2P4PdS3. The minimum absolute atomic E-state index is 0. The Morgan fingerprint density at radius 1 is 0.275 bits per heavy atom. The molecule has 9 aromatic heterocycles. The Balaban J connectivity index is 0.000000126. The molecule has 1 aliphatic rings. The van der Waals surface area contributed by atoms with Crippen LogP contribution in [0.4, 0.5) is 17.5 Å². The molecule has 1 fully saturated rings. The summed E-state index contributed by atoms with van der Waals surface area (Å²) in [5, 5.41) is 25.9. The Kier molecular flexibility index (Phi) is 38.9. The van der Waals surface area contributed by atoms with E-state index in [2.05, 4.69) is 464 Å². The molecule has 0 bridgehead atoms. The zero-order valence-corrected chi connectivity index (χ0v) is 90.2. The van der Waals surface area contributed by atoms with Crippen molar-refractivity contribution in [2.24, 2.45) is 0 Å². The SMILES string of the molecule is CC1(C)OB(c2cccnc2)OC1(C)C.Nc1ncc(-c2cccnc2)c2scc(Br)c12.Nc1ncc(-c2cccnc2)c2scc(Br)c12.Nc1ncc(I)c2scc(Br)c12.[Pd].c1ccc(P(c2ccccc2)c2ccccc2)cc1.c1ccc(P(c2ccccc2)c2ccccc2)cc1.c1ccc(P(c2ccccc2)c2ccccc2)cc1.c1ccc(P(c2ccccc2)c2ccccc2)cc1. The van der Waals surface area contributed by atoms with Gasteiger partial charge in [0, 0.05) is 163 Å². The van der Waals surface area contributed by atoms with Crippen molar-refractivity contribution >= 4 is 260 Å². The molecule has 0 radical (unpaired) electrons. The van der Waals surface area contributed by atoms with Crippen LogP contribution in [0.2, 0.25) is 0 Å². The third-order valence-electron chi connectivity index (χ3n) is 22.0. The molecule has 0 aliphatic carbocycles. The molecule has 1 aliphatic heterocycles. The normalized spacial score (nSPS) is 12.0. The number of hydrogen-bond donors (Lipinski definition) is 3. The van der Waals surface area contributed by atoms with Crippen molar-refractivity contribution < 1.29 is 29.7 Å². The number of rotatable bonds is 15. The van der Waals surface area contributed by atoms with E-state index in [9.17, 15) is 0 Å². The molecule has 1 saturated heterocycles. The van der Waals surface area contributed by atoms with Crippen LogP contribution in [0.15, 0.2) is 486 Å². The largest absolute Gasteiger partial charge is 0.496 e. The van der Waals surface area contributed by atoms with Gasteiger partial charge in [-0.2, -0.15) is 0 Å². The van der Waals surface area contributed by atoms with Crippen molar-refractivity contribution in [2.45, 2.75) is 38.9 Å². The van der Waals surface area contributed by atoms with Gasteiger partial charge in [0.25, 0.3) is 0 Å². The van der Waals surface area contributed by atoms with Crippen LogP contribution in [0.5, 0.6) is 0 Å². The number of benzene rings is 12. The van der Waals surface area contributed by atoms with Gasteiger partial charge in [-0.25, -0.2) is 15.0 Å². The van der Waals surface area contributed by atoms with Gasteiger partial charge in [0.05, 0.1) is 15.9 Å². The van der Waals surface area contributed by atoms with Gasteiger partial charge >= 0.3 is 7.12 Å². The first-order chi connectivity index (χ1) is 67.0. The maximum absolute atomic E-state index is 5.90. The summed E-state index contributed by atoms with van der Waals surface area (Å²) in [6.07, 6.45) is 16.1. The summed E-state index contributed by atoms with van der Waals surface area (Å²) in [6.45, 7) is 8.18. The van der Waals surface area contributed by atoms with E-state index in [0.717, 1.165) is 70.3 Å². The van der Waals surface area contributed by atoms with E-state index in [-0.39, 0.29) is 38.7 Å². The Hall–Kier alpha value is -10.6. The molecule has 10 heterocycles. The molecular weight excluding hydrogens is 2230 g/mol. The van der Waals surface area contributed by atoms with E-state index in [1.165, 1.54) is 68.4 Å². The number of halogens is 4. The van der Waals surface area contributed by atoms with Crippen molar-refractivity contribution in [1.29, 1.82) is 0 Å². The molecule has 6 N–H and O–H groups in total. The average Bonchev–Trinajstić information content (AvgIpc) is 1.63. The second-order valence-corrected chi connectivity index (χ2v) is 46.9. The molecule has 0 saturated carbocycles. The third kappa shape index (κ3) is 27.3. The van der Waals surface area contributed by atoms with Crippen LogP contribution >= 0.6 is 136 Å². The maximum atomic E-state index is 5.90. The van der Waals surface area contributed by atoms with E-state index in [1.807, 2.05) is 92.6 Å². The number of nitrogen functional groups attached to an aromatic ring is 3. The Morgan fingerprint density at radius 2 is 0.486 bits per heavy atom. The van der Waals surface area contributed by atoms with E-state index < -0.39 is 31.7 Å². The number of nitrogens with zero attached hydrogens (tertiary/aromatic N) is 6. The van der Waals surface area contributed by atoms with Crippen LogP contribution in [-0.2, 0) is 29.7 Å². The van der Waals surface area contributed by atoms with Crippen molar-refractivity contribution in [2.75, 3.05) is 17.2 Å². The summed E-state index contributed by atoms with van der Waals surface area (Å²) in [7, 11) is -2.09. The Morgan fingerprint density at radius 3 is 0.696 bits per heavy atom. The van der Waals surface area contributed by atoms with Crippen molar-refractivity contribution in [3.8, 4) is 22.3 Å². The van der Waals surface area contributed by atoms with Gasteiger partial charge < -0.3 is 26.5 Å². The molecule has 22 rings (SSSR count). The molecule has 12 aromatic carbocycles. The minimum Gasteiger partial charge on any atom is -0.399 e. The second kappa shape index (κ2) is 52.0. The molecule has 688 valence electrons. The van der Waals surface area contributed by atoms with Gasteiger partial charge in [-0.1, -0.05) is 382 Å². The van der Waals surface area contributed by atoms with E-state index in [0.29, 0.717) is 17.5 Å². The van der Waals surface area contributed by atoms with E-state index in [4.69, 9.17) is 26.5 Å². The number of nitrogens with two attached hydrogens (primary N) is 3. The summed E-state index contributed by atoms with van der Waals surface area (Å²) in [5.41, 5.74) is 22.2. The first kappa shape index (κ1) is 103. The van der Waals surface area contributed by atoms with Gasteiger partial charge in [-0.3, -0.25) is 15.0 Å². The summed E-state index contributed by atoms with van der Waals surface area (Å²) in [5.74, 6) is 1.71. The first-order valence-electron chi connectivity index (χ1n) is 43.9. The van der Waals surface area contributed by atoms with Crippen LogP contribution in [0, 0.1) is 3.57 Å². The quantitative estimate of drug-likeness (QED) is 0.0506. The predicted molar refractivity (Wildman–Crippen MR) is 615 cm³/mol. The Labute approximate surface area is 878 Å². The number of thiophene rings is 3. The van der Waals surface area contributed by atoms with Gasteiger partial charge in [-0.15, -0.1) is 34.0 Å². The zero-order valence-electron chi connectivity index (χ0n) is 75.7. The molecule has 0 spiro atoms. The fraction of sp³-hybridized carbons (Fsp3) is 0.0526. The van der Waals surface area contributed by atoms with E-state index in [1.54, 1.807) is 77.4 Å². The summed E-state index contributed by atoms with van der Waals surface area (Å²) < 4.78 is 19.4. The standard InChI is InChI=1S/4C18H15P.2C12H8BrN3S.C11H16BNO2.C7H4BrIN2S.Pd/c4*1-4-10-16(11-5-1)19(17-12-6-2-7-13-17)18-14-8-3-9-15-18;2*13-9-6-17-11-8(5-16-12(14)10(9)11)7-2-1-3-15-4-7;1-10(2)11(3,4)15-12(14-10)9-6-5-7-13-8-9;8-3-2-12-6-4(9)1-11-7(10)5(3)6;/h4*1-15H;2*1-6H,(H2,14,16);5-8H,1-4H3;1-2H,(H2,10,11);.